The minimum atomic E-state index is -3.62. The van der Waals surface area contributed by atoms with E-state index in [1.54, 1.807) is 0 Å². The van der Waals surface area contributed by atoms with Crippen LogP contribution < -0.4 is 20.1 Å². The molecular formula is C10H10F2N2O3. The van der Waals surface area contributed by atoms with Gasteiger partial charge in [-0.25, -0.2) is 0 Å². The SMILES string of the molecule is CNC(=O)CNc1ccc2c(c1)OC(F)(F)O2. The molecule has 0 aromatic heterocycles. The number of nitrogens with one attached hydrogen (secondary N) is 2. The van der Waals surface area contributed by atoms with Gasteiger partial charge in [0.15, 0.2) is 11.5 Å². The smallest absolute Gasteiger partial charge is 0.395 e. The van der Waals surface area contributed by atoms with Gasteiger partial charge in [0.1, 0.15) is 0 Å². The summed E-state index contributed by atoms with van der Waals surface area (Å²) in [6.07, 6.45) is -3.62. The van der Waals surface area contributed by atoms with Crippen molar-refractivity contribution >= 4 is 11.6 Å². The summed E-state index contributed by atoms with van der Waals surface area (Å²) in [5.74, 6) is -0.301. The molecule has 1 aromatic rings. The van der Waals surface area contributed by atoms with Crippen LogP contribution >= 0.6 is 0 Å². The van der Waals surface area contributed by atoms with E-state index >= 15 is 0 Å². The van der Waals surface area contributed by atoms with Crippen molar-refractivity contribution in [3.8, 4) is 11.5 Å². The van der Waals surface area contributed by atoms with E-state index < -0.39 is 6.29 Å². The Bertz CT molecular complexity index is 451. The maximum Gasteiger partial charge on any atom is 0.586 e. The van der Waals surface area contributed by atoms with Crippen LogP contribution in [0, 0.1) is 0 Å². The van der Waals surface area contributed by atoms with Crippen LogP contribution in [0.1, 0.15) is 0 Å². The number of benzene rings is 1. The maximum atomic E-state index is 12.7. The molecule has 2 N–H and O–H groups in total. The third-order valence-electron chi connectivity index (χ3n) is 2.13. The van der Waals surface area contributed by atoms with E-state index in [0.29, 0.717) is 5.69 Å². The molecule has 0 saturated heterocycles. The summed E-state index contributed by atoms with van der Waals surface area (Å²) in [5, 5.41) is 5.18. The largest absolute Gasteiger partial charge is 0.586 e. The molecule has 92 valence electrons. The number of amides is 1. The number of hydrogen-bond donors (Lipinski definition) is 2. The second-order valence-electron chi connectivity index (χ2n) is 3.36. The topological polar surface area (TPSA) is 59.6 Å². The van der Waals surface area contributed by atoms with Crippen molar-refractivity contribution in [3.05, 3.63) is 18.2 Å². The molecule has 1 aliphatic heterocycles. The molecule has 0 bridgehead atoms. The van der Waals surface area contributed by atoms with E-state index in [9.17, 15) is 13.6 Å². The Morgan fingerprint density at radius 2 is 2.06 bits per heavy atom. The lowest BCUT2D eigenvalue weighted by molar-refractivity contribution is -0.286. The molecule has 0 fully saturated rings. The molecule has 0 radical (unpaired) electrons. The van der Waals surface area contributed by atoms with Crippen molar-refractivity contribution in [1.82, 2.24) is 5.32 Å². The van der Waals surface area contributed by atoms with Crippen LogP contribution in [0.3, 0.4) is 0 Å². The first-order chi connectivity index (χ1) is 8.00. The average molecular weight is 244 g/mol. The Hall–Kier alpha value is -2.05. The highest BCUT2D eigenvalue weighted by Gasteiger charge is 2.43. The molecule has 2 rings (SSSR count). The lowest BCUT2D eigenvalue weighted by Gasteiger charge is -2.05. The monoisotopic (exact) mass is 244 g/mol. The molecular weight excluding hydrogens is 234 g/mol. The molecule has 1 amide bonds. The van der Waals surface area contributed by atoms with Gasteiger partial charge < -0.3 is 20.1 Å². The highest BCUT2D eigenvalue weighted by Crippen LogP contribution is 2.42. The predicted molar refractivity (Wildman–Crippen MR) is 55.2 cm³/mol. The zero-order valence-electron chi connectivity index (χ0n) is 8.92. The van der Waals surface area contributed by atoms with Crippen LogP contribution in [-0.4, -0.2) is 25.8 Å². The number of likely N-dealkylation sites (N-methyl/N-ethyl adjacent to an activating group) is 1. The lowest BCUT2D eigenvalue weighted by Crippen LogP contribution is -2.26. The fourth-order valence-corrected chi connectivity index (χ4v) is 1.33. The van der Waals surface area contributed by atoms with Crippen molar-refractivity contribution in [1.29, 1.82) is 0 Å². The van der Waals surface area contributed by atoms with E-state index in [2.05, 4.69) is 20.1 Å². The second-order valence-corrected chi connectivity index (χ2v) is 3.36. The molecule has 7 heteroatoms. The first-order valence-corrected chi connectivity index (χ1v) is 4.84. The van der Waals surface area contributed by atoms with Crippen LogP contribution in [0.2, 0.25) is 0 Å². The standard InChI is InChI=1S/C10H10F2N2O3/c1-13-9(15)5-14-6-2-3-7-8(4-6)17-10(11,12)16-7/h2-4,14H,5H2,1H3,(H,13,15). The highest BCUT2D eigenvalue weighted by molar-refractivity contribution is 5.80. The summed E-state index contributed by atoms with van der Waals surface area (Å²) in [7, 11) is 1.50. The van der Waals surface area contributed by atoms with Gasteiger partial charge in [0.25, 0.3) is 0 Å². The van der Waals surface area contributed by atoms with Crippen LogP contribution in [0.5, 0.6) is 11.5 Å². The zero-order chi connectivity index (χ0) is 12.5. The fraction of sp³-hybridized carbons (Fsp3) is 0.300. The summed E-state index contributed by atoms with van der Waals surface area (Å²) in [6, 6.07) is 4.22. The third kappa shape index (κ3) is 2.55. The molecule has 0 saturated carbocycles. The van der Waals surface area contributed by atoms with E-state index in [0.717, 1.165) is 0 Å². The van der Waals surface area contributed by atoms with Gasteiger partial charge in [-0.1, -0.05) is 0 Å². The molecule has 17 heavy (non-hydrogen) atoms. The summed E-state index contributed by atoms with van der Waals surface area (Å²) >= 11 is 0. The Kier molecular flexibility index (Phi) is 2.74. The Morgan fingerprint density at radius 1 is 1.35 bits per heavy atom. The number of carbonyl (C=O) groups is 1. The summed E-state index contributed by atoms with van der Waals surface area (Å²) in [4.78, 5) is 11.0. The summed E-state index contributed by atoms with van der Waals surface area (Å²) in [6.45, 7) is 0.0482. The third-order valence-corrected chi connectivity index (χ3v) is 2.13. The van der Waals surface area contributed by atoms with E-state index in [1.807, 2.05) is 0 Å². The molecule has 1 heterocycles. The number of halogens is 2. The van der Waals surface area contributed by atoms with Crippen LogP contribution in [0.4, 0.5) is 14.5 Å². The van der Waals surface area contributed by atoms with Crippen molar-refractivity contribution in [2.24, 2.45) is 0 Å². The van der Waals surface area contributed by atoms with Crippen LogP contribution in [0.15, 0.2) is 18.2 Å². The molecule has 1 aliphatic rings. The predicted octanol–water partition coefficient (Wildman–Crippen LogP) is 1.17. The molecule has 0 unspecified atom stereocenters. The summed E-state index contributed by atoms with van der Waals surface area (Å²) < 4.78 is 33.9. The van der Waals surface area contributed by atoms with Gasteiger partial charge in [0.2, 0.25) is 5.91 Å². The number of carbonyl (C=O) groups excluding carboxylic acids is 1. The van der Waals surface area contributed by atoms with Crippen molar-refractivity contribution < 1.29 is 23.0 Å². The minimum absolute atomic E-state index is 0.0273. The Balaban J connectivity index is 2.06. The number of alkyl halides is 2. The lowest BCUT2D eigenvalue weighted by atomic mass is 10.3. The first kappa shape index (κ1) is 11.4. The van der Waals surface area contributed by atoms with Gasteiger partial charge >= 0.3 is 6.29 Å². The first-order valence-electron chi connectivity index (χ1n) is 4.84. The number of ether oxygens (including phenoxy) is 2. The molecule has 1 aromatic carbocycles. The maximum absolute atomic E-state index is 12.7. The Morgan fingerprint density at radius 3 is 2.76 bits per heavy atom. The van der Waals surface area contributed by atoms with E-state index in [-0.39, 0.29) is 24.0 Å². The number of fused-ring (bicyclic) bond motifs is 1. The molecule has 0 aliphatic carbocycles. The molecule has 0 atom stereocenters. The van der Waals surface area contributed by atoms with Crippen molar-refractivity contribution in [3.63, 3.8) is 0 Å². The van der Waals surface area contributed by atoms with Gasteiger partial charge in [-0.2, -0.15) is 0 Å². The van der Waals surface area contributed by atoms with E-state index in [1.165, 1.54) is 25.2 Å². The van der Waals surface area contributed by atoms with Gasteiger partial charge in [-0.15, -0.1) is 8.78 Å². The van der Waals surface area contributed by atoms with Crippen molar-refractivity contribution in [2.45, 2.75) is 6.29 Å². The van der Waals surface area contributed by atoms with Gasteiger partial charge in [-0.05, 0) is 12.1 Å². The number of hydrogen-bond acceptors (Lipinski definition) is 4. The van der Waals surface area contributed by atoms with Gasteiger partial charge in [0.05, 0.1) is 6.54 Å². The Labute approximate surface area is 95.7 Å². The zero-order valence-corrected chi connectivity index (χ0v) is 8.92. The molecule has 0 spiro atoms. The summed E-state index contributed by atoms with van der Waals surface area (Å²) in [5.41, 5.74) is 0.494. The number of anilines is 1. The second kappa shape index (κ2) is 4.08. The average Bonchev–Trinajstić information content (AvgIpc) is 2.58. The normalized spacial score (nSPS) is 15.5. The van der Waals surface area contributed by atoms with Crippen LogP contribution in [0.25, 0.3) is 0 Å². The molecule has 5 nitrogen and oxygen atoms in total. The number of rotatable bonds is 3. The van der Waals surface area contributed by atoms with Crippen molar-refractivity contribution in [2.75, 3.05) is 18.9 Å². The van der Waals surface area contributed by atoms with Gasteiger partial charge in [-0.3, -0.25) is 4.79 Å². The van der Waals surface area contributed by atoms with Gasteiger partial charge in [0, 0.05) is 18.8 Å². The minimum Gasteiger partial charge on any atom is -0.395 e. The highest BCUT2D eigenvalue weighted by atomic mass is 19.3. The van der Waals surface area contributed by atoms with E-state index in [4.69, 9.17) is 0 Å². The van der Waals surface area contributed by atoms with Crippen LogP contribution in [-0.2, 0) is 4.79 Å². The quantitative estimate of drug-likeness (QED) is 0.837. The fourth-order valence-electron chi connectivity index (χ4n) is 1.33.